The summed E-state index contributed by atoms with van der Waals surface area (Å²) >= 11 is 0. The Morgan fingerprint density at radius 2 is 1.00 bits per heavy atom. The summed E-state index contributed by atoms with van der Waals surface area (Å²) in [6.45, 7) is 20.6. The molecule has 108 valence electrons. The van der Waals surface area contributed by atoms with Crippen LogP contribution in [-0.4, -0.2) is 33.5 Å². The van der Waals surface area contributed by atoms with Gasteiger partial charge in [0.2, 0.25) is 7.44 Å². The van der Waals surface area contributed by atoms with Crippen LogP contribution in [0.1, 0.15) is 55.4 Å². The molecule has 0 rings (SSSR count). The fourth-order valence-electron chi connectivity index (χ4n) is 2.82. The Kier molecular flexibility index (Phi) is 6.84. The molecule has 0 fully saturated rings. The molecule has 0 aliphatic heterocycles. The van der Waals surface area contributed by atoms with E-state index in [9.17, 15) is 4.57 Å². The van der Waals surface area contributed by atoms with Gasteiger partial charge in [0.15, 0.2) is 0 Å². The lowest BCUT2D eigenvalue weighted by Crippen LogP contribution is -2.44. The van der Waals surface area contributed by atoms with E-state index < -0.39 is 7.44 Å². The zero-order valence-corrected chi connectivity index (χ0v) is 14.2. The first-order chi connectivity index (χ1) is 8.09. The minimum Gasteiger partial charge on any atom is -0.284 e. The van der Waals surface area contributed by atoms with Gasteiger partial charge < -0.3 is 0 Å². The Hall–Kier alpha value is -0.110. The topological polar surface area (TPSA) is 23.6 Å². The van der Waals surface area contributed by atoms with E-state index in [-0.39, 0.29) is 24.2 Å². The number of hydrogen-bond donors (Lipinski definition) is 0. The molecule has 4 heteroatoms. The molecule has 0 saturated carbocycles. The first-order valence-corrected chi connectivity index (χ1v) is 8.58. The average Bonchev–Trinajstić information content (AvgIpc) is 2.14. The van der Waals surface area contributed by atoms with Crippen molar-refractivity contribution in [2.45, 2.75) is 79.6 Å². The van der Waals surface area contributed by atoms with Gasteiger partial charge in [0.25, 0.3) is 0 Å². The first kappa shape index (κ1) is 17.9. The molecule has 0 saturated heterocycles. The highest BCUT2D eigenvalue weighted by Gasteiger charge is 2.40. The smallest absolute Gasteiger partial charge is 0.239 e. The van der Waals surface area contributed by atoms with Crippen LogP contribution in [-0.2, 0) is 4.57 Å². The van der Waals surface area contributed by atoms with Crippen molar-refractivity contribution in [3.8, 4) is 0 Å². The van der Waals surface area contributed by atoms with E-state index in [0.717, 1.165) is 0 Å². The van der Waals surface area contributed by atoms with Crippen molar-refractivity contribution in [2.24, 2.45) is 0 Å². The second-order valence-electron chi connectivity index (χ2n) is 5.91. The second-order valence-corrected chi connectivity index (χ2v) is 8.37. The standard InChI is InChI=1S/C14H31N2OP/c1-10-18(17,15(11(2)3)12(4)5)16(13(6)7)14(8)9/h10-14H,1H2,2-9H3. The highest BCUT2D eigenvalue weighted by molar-refractivity contribution is 7.62. The molecular weight excluding hydrogens is 243 g/mol. The van der Waals surface area contributed by atoms with E-state index in [1.807, 2.05) is 0 Å². The summed E-state index contributed by atoms with van der Waals surface area (Å²) in [6.07, 6.45) is 0. The molecule has 0 radical (unpaired) electrons. The summed E-state index contributed by atoms with van der Waals surface area (Å²) in [4.78, 5) is 0. The fourth-order valence-corrected chi connectivity index (χ4v) is 6.09. The summed E-state index contributed by atoms with van der Waals surface area (Å²) in [6, 6.07) is 0.922. The molecule has 3 nitrogen and oxygen atoms in total. The van der Waals surface area contributed by atoms with Gasteiger partial charge in [0.1, 0.15) is 0 Å². The third-order valence-electron chi connectivity index (χ3n) is 3.02. The molecule has 0 aromatic carbocycles. The zero-order chi connectivity index (χ0) is 14.7. The minimum absolute atomic E-state index is 0.230. The maximum Gasteiger partial charge on any atom is 0.239 e. The Labute approximate surface area is 114 Å². The van der Waals surface area contributed by atoms with Crippen molar-refractivity contribution in [3.63, 3.8) is 0 Å². The van der Waals surface area contributed by atoms with Gasteiger partial charge >= 0.3 is 0 Å². The van der Waals surface area contributed by atoms with Crippen LogP contribution in [0.5, 0.6) is 0 Å². The fraction of sp³-hybridized carbons (Fsp3) is 0.857. The van der Waals surface area contributed by atoms with Crippen LogP contribution in [0.4, 0.5) is 0 Å². The largest absolute Gasteiger partial charge is 0.284 e. The van der Waals surface area contributed by atoms with Crippen LogP contribution in [0.3, 0.4) is 0 Å². The molecule has 0 aromatic rings. The molecule has 0 aliphatic rings. The van der Waals surface area contributed by atoms with Gasteiger partial charge in [0.05, 0.1) is 0 Å². The lowest BCUT2D eigenvalue weighted by molar-refractivity contribution is 0.230. The Morgan fingerprint density at radius 1 is 0.778 bits per heavy atom. The van der Waals surface area contributed by atoms with Crippen LogP contribution in [0, 0.1) is 0 Å². The third kappa shape index (κ3) is 3.69. The van der Waals surface area contributed by atoms with E-state index in [4.69, 9.17) is 0 Å². The van der Waals surface area contributed by atoms with E-state index in [2.05, 4.69) is 71.3 Å². The quantitative estimate of drug-likeness (QED) is 0.636. The molecule has 0 N–H and O–H groups in total. The van der Waals surface area contributed by atoms with Crippen LogP contribution in [0.25, 0.3) is 0 Å². The molecule has 0 unspecified atom stereocenters. The van der Waals surface area contributed by atoms with E-state index in [1.54, 1.807) is 5.82 Å². The van der Waals surface area contributed by atoms with Crippen molar-refractivity contribution in [1.29, 1.82) is 0 Å². The third-order valence-corrected chi connectivity index (χ3v) is 6.66. The molecule has 0 aromatic heterocycles. The van der Waals surface area contributed by atoms with Gasteiger partial charge in [-0.15, -0.1) is 0 Å². The number of rotatable bonds is 7. The van der Waals surface area contributed by atoms with Crippen molar-refractivity contribution >= 4 is 7.44 Å². The van der Waals surface area contributed by atoms with Crippen LogP contribution >= 0.6 is 7.44 Å². The van der Waals surface area contributed by atoms with Gasteiger partial charge in [-0.1, -0.05) is 6.58 Å². The molecule has 0 amide bonds. The van der Waals surface area contributed by atoms with Crippen molar-refractivity contribution in [2.75, 3.05) is 0 Å². The van der Waals surface area contributed by atoms with Crippen LogP contribution in [0.15, 0.2) is 12.4 Å². The zero-order valence-electron chi connectivity index (χ0n) is 13.3. The van der Waals surface area contributed by atoms with Crippen LogP contribution < -0.4 is 0 Å². The molecule has 18 heavy (non-hydrogen) atoms. The van der Waals surface area contributed by atoms with Gasteiger partial charge in [0, 0.05) is 24.2 Å². The predicted octanol–water partition coefficient (Wildman–Crippen LogP) is 4.56. The van der Waals surface area contributed by atoms with Crippen LogP contribution in [0.2, 0.25) is 0 Å². The molecule has 0 heterocycles. The normalized spacial score (nSPS) is 13.7. The summed E-state index contributed by atoms with van der Waals surface area (Å²) < 4.78 is 17.7. The minimum atomic E-state index is -2.71. The molecule has 0 aliphatic carbocycles. The van der Waals surface area contributed by atoms with Crippen molar-refractivity contribution in [1.82, 2.24) is 9.34 Å². The van der Waals surface area contributed by atoms with Gasteiger partial charge in [-0.05, 0) is 61.2 Å². The van der Waals surface area contributed by atoms with Gasteiger partial charge in [-0.2, -0.15) is 0 Å². The maximum atomic E-state index is 13.5. The average molecular weight is 274 g/mol. The number of nitrogens with zero attached hydrogens (tertiary/aromatic N) is 2. The molecule has 0 atom stereocenters. The lowest BCUT2D eigenvalue weighted by Gasteiger charge is -2.45. The van der Waals surface area contributed by atoms with E-state index in [0.29, 0.717) is 0 Å². The Bertz CT molecular complexity index is 271. The first-order valence-electron chi connectivity index (χ1n) is 6.90. The molecule has 0 spiro atoms. The molecular formula is C14H31N2OP. The summed E-state index contributed by atoms with van der Waals surface area (Å²) in [5.74, 6) is 1.66. The summed E-state index contributed by atoms with van der Waals surface area (Å²) in [5.41, 5.74) is 0. The number of hydrogen-bond acceptors (Lipinski definition) is 1. The highest BCUT2D eigenvalue weighted by atomic mass is 31.2. The monoisotopic (exact) mass is 274 g/mol. The highest BCUT2D eigenvalue weighted by Crippen LogP contribution is 2.58. The van der Waals surface area contributed by atoms with E-state index >= 15 is 0 Å². The lowest BCUT2D eigenvalue weighted by atomic mass is 10.3. The van der Waals surface area contributed by atoms with Gasteiger partial charge in [-0.3, -0.25) is 4.57 Å². The SMILES string of the molecule is C=CP(=O)(N(C(C)C)C(C)C)N(C(C)C)C(C)C. The summed E-state index contributed by atoms with van der Waals surface area (Å²) in [7, 11) is -2.71. The van der Waals surface area contributed by atoms with Crippen molar-refractivity contribution in [3.05, 3.63) is 12.4 Å². The van der Waals surface area contributed by atoms with Crippen molar-refractivity contribution < 1.29 is 4.57 Å². The predicted molar refractivity (Wildman–Crippen MR) is 82.0 cm³/mol. The summed E-state index contributed by atoms with van der Waals surface area (Å²) in [5, 5.41) is 0. The van der Waals surface area contributed by atoms with Gasteiger partial charge in [-0.25, -0.2) is 9.34 Å². The molecule has 0 bridgehead atoms. The maximum absolute atomic E-state index is 13.5. The Morgan fingerprint density at radius 3 is 1.11 bits per heavy atom. The van der Waals surface area contributed by atoms with E-state index in [1.165, 1.54) is 0 Å². The second kappa shape index (κ2) is 6.88. The Balaban J connectivity index is 5.70.